The standard InChI is InChI=1S/C11H12F3N3O2/c12-11(13,14)10(19)16-6-4-9(18)17-7-8-3-1-2-5-15-8/h1-3,5H,4,6-7H2,(H,16,19)(H,17,18). The van der Waals surface area contributed by atoms with Crippen LogP contribution in [0, 0.1) is 0 Å². The average molecular weight is 275 g/mol. The van der Waals surface area contributed by atoms with Crippen LogP contribution in [0.1, 0.15) is 12.1 Å². The molecule has 5 nitrogen and oxygen atoms in total. The Morgan fingerprint density at radius 3 is 2.53 bits per heavy atom. The first-order chi connectivity index (χ1) is 8.89. The summed E-state index contributed by atoms with van der Waals surface area (Å²) in [4.78, 5) is 25.7. The Morgan fingerprint density at radius 1 is 1.21 bits per heavy atom. The topological polar surface area (TPSA) is 71.1 Å². The second kappa shape index (κ2) is 6.72. The number of hydrogen-bond donors (Lipinski definition) is 2. The summed E-state index contributed by atoms with van der Waals surface area (Å²) < 4.78 is 35.5. The fourth-order valence-electron chi connectivity index (χ4n) is 1.17. The molecule has 0 aliphatic rings. The first-order valence-electron chi connectivity index (χ1n) is 5.41. The predicted octanol–water partition coefficient (Wildman–Crippen LogP) is 0.766. The normalized spacial score (nSPS) is 10.9. The Hall–Kier alpha value is -2.12. The summed E-state index contributed by atoms with van der Waals surface area (Å²) in [7, 11) is 0. The van der Waals surface area contributed by atoms with Crippen molar-refractivity contribution in [3.05, 3.63) is 30.1 Å². The smallest absolute Gasteiger partial charge is 0.350 e. The molecule has 19 heavy (non-hydrogen) atoms. The van der Waals surface area contributed by atoms with Gasteiger partial charge in [-0.15, -0.1) is 0 Å². The number of carbonyl (C=O) groups excluding carboxylic acids is 2. The van der Waals surface area contributed by atoms with E-state index in [9.17, 15) is 22.8 Å². The van der Waals surface area contributed by atoms with E-state index in [-0.39, 0.29) is 19.5 Å². The summed E-state index contributed by atoms with van der Waals surface area (Å²) in [5.41, 5.74) is 0.634. The van der Waals surface area contributed by atoms with Crippen LogP contribution >= 0.6 is 0 Å². The maximum absolute atomic E-state index is 11.8. The molecule has 0 atom stereocenters. The minimum Gasteiger partial charge on any atom is -0.350 e. The van der Waals surface area contributed by atoms with Crippen molar-refractivity contribution in [2.24, 2.45) is 0 Å². The summed E-state index contributed by atoms with van der Waals surface area (Å²) in [5.74, 6) is -2.52. The molecular weight excluding hydrogens is 263 g/mol. The van der Waals surface area contributed by atoms with Gasteiger partial charge in [-0.2, -0.15) is 13.2 Å². The van der Waals surface area contributed by atoms with E-state index < -0.39 is 18.0 Å². The highest BCUT2D eigenvalue weighted by atomic mass is 19.4. The van der Waals surface area contributed by atoms with E-state index in [2.05, 4.69) is 10.3 Å². The lowest BCUT2D eigenvalue weighted by Gasteiger charge is -2.08. The zero-order valence-corrected chi connectivity index (χ0v) is 9.83. The minimum absolute atomic E-state index is 0.187. The third kappa shape index (κ3) is 5.84. The molecule has 104 valence electrons. The fraction of sp³-hybridized carbons (Fsp3) is 0.364. The molecule has 1 heterocycles. The molecule has 8 heteroatoms. The van der Waals surface area contributed by atoms with Crippen molar-refractivity contribution in [2.75, 3.05) is 6.54 Å². The lowest BCUT2D eigenvalue weighted by atomic mass is 10.3. The molecule has 2 N–H and O–H groups in total. The van der Waals surface area contributed by atoms with Gasteiger partial charge >= 0.3 is 12.1 Å². The van der Waals surface area contributed by atoms with Gasteiger partial charge in [-0.25, -0.2) is 0 Å². The molecule has 1 rings (SSSR count). The van der Waals surface area contributed by atoms with Gasteiger partial charge in [0, 0.05) is 19.2 Å². The second-order valence-electron chi connectivity index (χ2n) is 3.60. The van der Waals surface area contributed by atoms with E-state index in [4.69, 9.17) is 0 Å². The molecule has 0 aliphatic carbocycles. The fourth-order valence-corrected chi connectivity index (χ4v) is 1.17. The molecule has 1 aromatic heterocycles. The van der Waals surface area contributed by atoms with Gasteiger partial charge in [0.25, 0.3) is 0 Å². The van der Waals surface area contributed by atoms with Crippen molar-refractivity contribution < 1.29 is 22.8 Å². The number of hydrogen-bond acceptors (Lipinski definition) is 3. The average Bonchev–Trinajstić information content (AvgIpc) is 2.36. The molecule has 2 amide bonds. The van der Waals surface area contributed by atoms with E-state index in [1.807, 2.05) is 0 Å². The third-order valence-electron chi connectivity index (χ3n) is 2.09. The van der Waals surface area contributed by atoms with Crippen LogP contribution in [-0.4, -0.2) is 29.5 Å². The zero-order valence-electron chi connectivity index (χ0n) is 9.83. The van der Waals surface area contributed by atoms with Gasteiger partial charge in [0.1, 0.15) is 0 Å². The highest BCUT2D eigenvalue weighted by molar-refractivity contribution is 5.82. The quantitative estimate of drug-likeness (QED) is 0.833. The maximum Gasteiger partial charge on any atom is 0.471 e. The molecule has 0 radical (unpaired) electrons. The number of halogens is 3. The largest absolute Gasteiger partial charge is 0.471 e. The Labute approximate surface area is 107 Å². The number of alkyl halides is 3. The zero-order chi connectivity index (χ0) is 14.3. The van der Waals surface area contributed by atoms with Gasteiger partial charge < -0.3 is 10.6 Å². The first-order valence-corrected chi connectivity index (χ1v) is 5.41. The summed E-state index contributed by atoms with van der Waals surface area (Å²) in [6.07, 6.45) is -3.59. The lowest BCUT2D eigenvalue weighted by Crippen LogP contribution is -2.38. The van der Waals surface area contributed by atoms with Gasteiger partial charge in [0.2, 0.25) is 5.91 Å². The molecule has 0 spiro atoms. The molecule has 0 aliphatic heterocycles. The van der Waals surface area contributed by atoms with Crippen LogP contribution in [0.4, 0.5) is 13.2 Å². The van der Waals surface area contributed by atoms with E-state index in [1.54, 1.807) is 29.7 Å². The second-order valence-corrected chi connectivity index (χ2v) is 3.60. The Balaban J connectivity index is 2.20. The van der Waals surface area contributed by atoms with Crippen LogP contribution in [0.3, 0.4) is 0 Å². The number of carbonyl (C=O) groups is 2. The highest BCUT2D eigenvalue weighted by Gasteiger charge is 2.38. The summed E-state index contributed by atoms with van der Waals surface area (Å²) in [6.45, 7) is -0.181. The number of rotatable bonds is 5. The van der Waals surface area contributed by atoms with Gasteiger partial charge in [-0.3, -0.25) is 14.6 Å². The SMILES string of the molecule is O=C(CCNC(=O)C(F)(F)F)NCc1ccccn1. The van der Waals surface area contributed by atoms with Crippen LogP contribution in [0.25, 0.3) is 0 Å². The number of amides is 2. The predicted molar refractivity (Wildman–Crippen MR) is 59.8 cm³/mol. The molecule has 0 saturated carbocycles. The van der Waals surface area contributed by atoms with E-state index >= 15 is 0 Å². The first kappa shape index (κ1) is 14.9. The van der Waals surface area contributed by atoms with E-state index in [0.717, 1.165) is 0 Å². The van der Waals surface area contributed by atoms with Gasteiger partial charge in [0.15, 0.2) is 0 Å². The molecule has 0 aromatic carbocycles. The molecule has 0 fully saturated rings. The van der Waals surface area contributed by atoms with Crippen molar-refractivity contribution in [1.82, 2.24) is 15.6 Å². The molecule has 1 aromatic rings. The van der Waals surface area contributed by atoms with E-state index in [0.29, 0.717) is 5.69 Å². The van der Waals surface area contributed by atoms with Crippen molar-refractivity contribution >= 4 is 11.8 Å². The van der Waals surface area contributed by atoms with Gasteiger partial charge in [-0.1, -0.05) is 6.07 Å². The summed E-state index contributed by atoms with van der Waals surface area (Å²) in [6, 6.07) is 5.17. The number of nitrogens with one attached hydrogen (secondary N) is 2. The lowest BCUT2D eigenvalue weighted by molar-refractivity contribution is -0.173. The van der Waals surface area contributed by atoms with Crippen LogP contribution in [0.5, 0.6) is 0 Å². The number of aromatic nitrogens is 1. The van der Waals surface area contributed by atoms with Crippen LogP contribution in [0.15, 0.2) is 24.4 Å². The van der Waals surface area contributed by atoms with Crippen molar-refractivity contribution in [3.63, 3.8) is 0 Å². The van der Waals surface area contributed by atoms with Gasteiger partial charge in [-0.05, 0) is 12.1 Å². The van der Waals surface area contributed by atoms with Crippen LogP contribution in [0.2, 0.25) is 0 Å². The Kier molecular flexibility index (Phi) is 5.28. The number of nitrogens with zero attached hydrogens (tertiary/aromatic N) is 1. The molecule has 0 bridgehead atoms. The van der Waals surface area contributed by atoms with E-state index in [1.165, 1.54) is 0 Å². The van der Waals surface area contributed by atoms with Crippen molar-refractivity contribution in [1.29, 1.82) is 0 Å². The van der Waals surface area contributed by atoms with Crippen LogP contribution < -0.4 is 10.6 Å². The van der Waals surface area contributed by atoms with Gasteiger partial charge in [0.05, 0.1) is 12.2 Å². The third-order valence-corrected chi connectivity index (χ3v) is 2.09. The van der Waals surface area contributed by atoms with Crippen molar-refractivity contribution in [2.45, 2.75) is 19.1 Å². The summed E-state index contributed by atoms with van der Waals surface area (Å²) >= 11 is 0. The molecule has 0 unspecified atom stereocenters. The number of pyridine rings is 1. The Morgan fingerprint density at radius 2 is 1.95 bits per heavy atom. The maximum atomic E-state index is 11.8. The highest BCUT2D eigenvalue weighted by Crippen LogP contribution is 2.13. The Bertz CT molecular complexity index is 435. The minimum atomic E-state index is -4.93. The van der Waals surface area contributed by atoms with Crippen molar-refractivity contribution in [3.8, 4) is 0 Å². The molecule has 0 saturated heterocycles. The monoisotopic (exact) mass is 275 g/mol. The molecular formula is C11H12F3N3O2. The summed E-state index contributed by atoms with van der Waals surface area (Å²) in [5, 5.41) is 4.09. The van der Waals surface area contributed by atoms with Crippen LogP contribution in [-0.2, 0) is 16.1 Å².